The van der Waals surface area contributed by atoms with Gasteiger partial charge in [-0.1, -0.05) is 12.1 Å². The van der Waals surface area contributed by atoms with Gasteiger partial charge in [-0.2, -0.15) is 0 Å². The van der Waals surface area contributed by atoms with Crippen molar-refractivity contribution in [2.45, 2.75) is 0 Å². The second-order valence-corrected chi connectivity index (χ2v) is 6.59. The Morgan fingerprint density at radius 3 is 1.97 bits per heavy atom. The van der Waals surface area contributed by atoms with Crippen molar-refractivity contribution in [1.29, 1.82) is 0 Å². The second-order valence-electron chi connectivity index (χ2n) is 6.59. The molecule has 0 aliphatic carbocycles. The molecule has 3 aromatic carbocycles. The summed E-state index contributed by atoms with van der Waals surface area (Å²) in [7, 11) is 4.28. The van der Waals surface area contributed by atoms with Crippen molar-refractivity contribution in [3.63, 3.8) is 0 Å². The molecule has 0 aliphatic rings. The van der Waals surface area contributed by atoms with Crippen LogP contribution in [0.1, 0.15) is 31.1 Å². The van der Waals surface area contributed by atoms with Crippen molar-refractivity contribution >= 4 is 29.2 Å². The molecule has 3 aromatic rings. The molecule has 3 rings (SSSR count). The van der Waals surface area contributed by atoms with Crippen LogP contribution in [0.2, 0.25) is 0 Å². The van der Waals surface area contributed by atoms with E-state index in [-0.39, 0.29) is 11.5 Å². The minimum atomic E-state index is -0.547. The predicted octanol–water partition coefficient (Wildman–Crippen LogP) is 4.00. The molecule has 32 heavy (non-hydrogen) atoms. The molecule has 8 nitrogen and oxygen atoms in total. The number of ether oxygens (including phenoxy) is 3. The fourth-order valence-corrected chi connectivity index (χ4v) is 2.96. The molecule has 0 unspecified atom stereocenters. The summed E-state index contributed by atoms with van der Waals surface area (Å²) in [5, 5.41) is 5.47. The van der Waals surface area contributed by atoms with E-state index in [1.165, 1.54) is 21.3 Å². The molecule has 0 fully saturated rings. The number of esters is 1. The van der Waals surface area contributed by atoms with Gasteiger partial charge in [0.25, 0.3) is 11.8 Å². The van der Waals surface area contributed by atoms with E-state index in [4.69, 9.17) is 14.2 Å². The summed E-state index contributed by atoms with van der Waals surface area (Å²) in [4.78, 5) is 37.0. The SMILES string of the molecule is COC(=O)c1ccccc1NC(=O)c1ccc(NC(=O)c2ccc(OC)c(OC)c2)cc1. The lowest BCUT2D eigenvalue weighted by Crippen LogP contribution is -2.16. The molecule has 2 N–H and O–H groups in total. The van der Waals surface area contributed by atoms with E-state index in [9.17, 15) is 14.4 Å². The van der Waals surface area contributed by atoms with Crippen molar-refractivity contribution in [2.24, 2.45) is 0 Å². The number of anilines is 2. The molecule has 0 bridgehead atoms. The number of hydrogen-bond donors (Lipinski definition) is 2. The summed E-state index contributed by atoms with van der Waals surface area (Å²) in [6.45, 7) is 0. The standard InChI is InChI=1S/C24H22N2O6/c1-30-20-13-10-16(14-21(20)31-2)23(28)25-17-11-8-15(9-12-17)22(27)26-19-7-5-4-6-18(19)24(29)32-3/h4-14H,1-3H3,(H,25,28)(H,26,27). The first-order chi connectivity index (χ1) is 15.5. The molecule has 2 amide bonds. The first-order valence-electron chi connectivity index (χ1n) is 9.59. The highest BCUT2D eigenvalue weighted by atomic mass is 16.5. The smallest absolute Gasteiger partial charge is 0.339 e. The van der Waals surface area contributed by atoms with E-state index in [0.29, 0.717) is 34.0 Å². The largest absolute Gasteiger partial charge is 0.493 e. The van der Waals surface area contributed by atoms with Crippen LogP contribution < -0.4 is 20.1 Å². The predicted molar refractivity (Wildman–Crippen MR) is 120 cm³/mol. The number of para-hydroxylation sites is 1. The molecular formula is C24H22N2O6. The lowest BCUT2D eigenvalue weighted by atomic mass is 10.1. The van der Waals surface area contributed by atoms with Gasteiger partial charge in [0.1, 0.15) is 0 Å². The molecule has 0 spiro atoms. The van der Waals surface area contributed by atoms with Crippen molar-refractivity contribution in [3.05, 3.63) is 83.4 Å². The van der Waals surface area contributed by atoms with Crippen LogP contribution in [0.4, 0.5) is 11.4 Å². The number of carbonyl (C=O) groups is 3. The quantitative estimate of drug-likeness (QED) is 0.545. The minimum Gasteiger partial charge on any atom is -0.493 e. The van der Waals surface area contributed by atoms with Gasteiger partial charge in [-0.05, 0) is 54.6 Å². The van der Waals surface area contributed by atoms with E-state index in [2.05, 4.69) is 10.6 Å². The lowest BCUT2D eigenvalue weighted by Gasteiger charge is -2.11. The fourth-order valence-electron chi connectivity index (χ4n) is 2.96. The van der Waals surface area contributed by atoms with Gasteiger partial charge in [-0.3, -0.25) is 9.59 Å². The van der Waals surface area contributed by atoms with Gasteiger partial charge in [0, 0.05) is 16.8 Å². The normalized spacial score (nSPS) is 10.1. The number of amides is 2. The Balaban J connectivity index is 1.70. The summed E-state index contributed by atoms with van der Waals surface area (Å²) in [6, 6.07) is 17.8. The Morgan fingerprint density at radius 2 is 1.31 bits per heavy atom. The summed E-state index contributed by atoms with van der Waals surface area (Å²) in [6.07, 6.45) is 0. The maximum absolute atomic E-state index is 12.6. The van der Waals surface area contributed by atoms with Gasteiger partial charge in [0.15, 0.2) is 11.5 Å². The molecule has 0 saturated carbocycles. The van der Waals surface area contributed by atoms with Gasteiger partial charge >= 0.3 is 5.97 Å². The van der Waals surface area contributed by atoms with E-state index < -0.39 is 11.9 Å². The van der Waals surface area contributed by atoms with Gasteiger partial charge in [0.05, 0.1) is 32.6 Å². The third-order valence-electron chi connectivity index (χ3n) is 4.63. The van der Waals surface area contributed by atoms with Gasteiger partial charge in [0.2, 0.25) is 0 Å². The fraction of sp³-hybridized carbons (Fsp3) is 0.125. The summed E-state index contributed by atoms with van der Waals surface area (Å²) in [5.41, 5.74) is 1.85. The van der Waals surface area contributed by atoms with Crippen LogP contribution >= 0.6 is 0 Å². The maximum atomic E-state index is 12.6. The van der Waals surface area contributed by atoms with E-state index >= 15 is 0 Å². The van der Waals surface area contributed by atoms with Crippen LogP contribution in [0.15, 0.2) is 66.7 Å². The Labute approximate surface area is 185 Å². The van der Waals surface area contributed by atoms with Crippen molar-refractivity contribution in [1.82, 2.24) is 0 Å². The number of methoxy groups -OCH3 is 3. The van der Waals surface area contributed by atoms with Gasteiger partial charge in [-0.25, -0.2) is 4.79 Å². The summed E-state index contributed by atoms with van der Waals surface area (Å²) in [5.74, 6) is -0.323. The zero-order valence-corrected chi connectivity index (χ0v) is 17.8. The zero-order chi connectivity index (χ0) is 23.1. The van der Waals surface area contributed by atoms with Gasteiger partial charge in [-0.15, -0.1) is 0 Å². The van der Waals surface area contributed by atoms with Crippen LogP contribution in [0.25, 0.3) is 0 Å². The highest BCUT2D eigenvalue weighted by Gasteiger charge is 2.15. The molecule has 0 aliphatic heterocycles. The van der Waals surface area contributed by atoms with E-state index in [1.54, 1.807) is 66.7 Å². The molecule has 0 saturated heterocycles. The van der Waals surface area contributed by atoms with Crippen LogP contribution in [0.3, 0.4) is 0 Å². The average Bonchev–Trinajstić information content (AvgIpc) is 2.83. The minimum absolute atomic E-state index is 0.252. The monoisotopic (exact) mass is 434 g/mol. The zero-order valence-electron chi connectivity index (χ0n) is 17.8. The van der Waals surface area contributed by atoms with Crippen LogP contribution in [-0.2, 0) is 4.74 Å². The molecule has 164 valence electrons. The first kappa shape index (κ1) is 22.4. The molecule has 0 heterocycles. The molecular weight excluding hydrogens is 412 g/mol. The second kappa shape index (κ2) is 10.1. The van der Waals surface area contributed by atoms with Crippen molar-refractivity contribution in [3.8, 4) is 11.5 Å². The third-order valence-corrected chi connectivity index (χ3v) is 4.63. The van der Waals surface area contributed by atoms with Crippen LogP contribution in [0.5, 0.6) is 11.5 Å². The topological polar surface area (TPSA) is 103 Å². The van der Waals surface area contributed by atoms with E-state index in [0.717, 1.165) is 0 Å². The van der Waals surface area contributed by atoms with Crippen molar-refractivity contribution < 1.29 is 28.6 Å². The Kier molecular flexibility index (Phi) is 7.07. The third kappa shape index (κ3) is 5.04. The first-order valence-corrected chi connectivity index (χ1v) is 9.59. The average molecular weight is 434 g/mol. The summed E-state index contributed by atoms with van der Waals surface area (Å²) >= 11 is 0. The number of hydrogen-bond acceptors (Lipinski definition) is 6. The number of rotatable bonds is 7. The van der Waals surface area contributed by atoms with Crippen LogP contribution in [-0.4, -0.2) is 39.1 Å². The Bertz CT molecular complexity index is 1140. The van der Waals surface area contributed by atoms with E-state index in [1.807, 2.05) is 0 Å². The van der Waals surface area contributed by atoms with Crippen LogP contribution in [0, 0.1) is 0 Å². The maximum Gasteiger partial charge on any atom is 0.339 e. The highest BCUT2D eigenvalue weighted by Crippen LogP contribution is 2.28. The number of carbonyl (C=O) groups excluding carboxylic acids is 3. The van der Waals surface area contributed by atoms with Crippen molar-refractivity contribution in [2.75, 3.05) is 32.0 Å². The lowest BCUT2D eigenvalue weighted by molar-refractivity contribution is 0.0601. The molecule has 0 atom stereocenters. The Morgan fingerprint density at radius 1 is 0.688 bits per heavy atom. The Hall–Kier alpha value is -4.33. The molecule has 0 radical (unpaired) electrons. The van der Waals surface area contributed by atoms with Gasteiger partial charge < -0.3 is 24.8 Å². The number of benzene rings is 3. The summed E-state index contributed by atoms with van der Waals surface area (Å²) < 4.78 is 15.1. The molecule has 8 heteroatoms. The molecule has 0 aromatic heterocycles. The highest BCUT2D eigenvalue weighted by molar-refractivity contribution is 6.08. The number of nitrogens with one attached hydrogen (secondary N) is 2.